The first-order chi connectivity index (χ1) is 16.6. The van der Waals surface area contributed by atoms with Gasteiger partial charge in [-0.2, -0.15) is 4.98 Å². The van der Waals surface area contributed by atoms with Crippen molar-refractivity contribution in [3.05, 3.63) is 35.9 Å². The number of halogens is 3. The lowest BCUT2D eigenvalue weighted by atomic mass is 10.1. The smallest absolute Gasteiger partial charge is 0.318 e. The van der Waals surface area contributed by atoms with E-state index in [2.05, 4.69) is 20.8 Å². The molecule has 1 aromatic heterocycles. The van der Waals surface area contributed by atoms with E-state index in [1.54, 1.807) is 6.92 Å². The number of carbonyl (C=O) groups is 3. The highest BCUT2D eigenvalue weighted by Gasteiger charge is 2.35. The first-order valence-corrected chi connectivity index (χ1v) is 11.0. The maximum atomic E-state index is 13.8. The fraction of sp³-hybridized carbons (Fsp3) is 0.500. The lowest BCUT2D eigenvalue weighted by Crippen LogP contribution is -2.56. The second-order valence-corrected chi connectivity index (χ2v) is 8.14. The number of Topliss-reactive ketones (excluding diaryl/α,β-unsaturated/α-hetero) is 1. The van der Waals surface area contributed by atoms with E-state index in [0.29, 0.717) is 25.7 Å². The molecule has 1 aliphatic heterocycles. The van der Waals surface area contributed by atoms with E-state index < -0.39 is 48.0 Å². The Morgan fingerprint density at radius 2 is 1.77 bits per heavy atom. The molecule has 0 bridgehead atoms. The number of nitrogens with zero attached hydrogens (tertiary/aromatic N) is 3. The van der Waals surface area contributed by atoms with Crippen molar-refractivity contribution >= 4 is 17.7 Å². The summed E-state index contributed by atoms with van der Waals surface area (Å²) in [6.45, 7) is 3.34. The number of carbonyl (C=O) groups excluding carboxylic acids is 3. The number of aromatic nitrogens is 2. The molecule has 13 heteroatoms. The van der Waals surface area contributed by atoms with E-state index in [1.807, 2.05) is 0 Å². The highest BCUT2D eigenvalue weighted by atomic mass is 19.3. The highest BCUT2D eigenvalue weighted by molar-refractivity contribution is 6.00. The first kappa shape index (κ1) is 26.1. The SMILES string of the molecule is CCC(NC(=O)[C@H](CC(C)(F)F)NC(=O)N1CCOCC1)C(=O)c1noc(-c2ccc(F)cc2)n1. The number of amides is 3. The molecule has 3 rings (SSSR count). The number of ketones is 1. The topological polar surface area (TPSA) is 127 Å². The van der Waals surface area contributed by atoms with Crippen molar-refractivity contribution in [3.8, 4) is 11.5 Å². The summed E-state index contributed by atoms with van der Waals surface area (Å²) in [7, 11) is 0. The van der Waals surface area contributed by atoms with Crippen LogP contribution in [0.25, 0.3) is 11.5 Å². The number of hydrogen-bond acceptors (Lipinski definition) is 7. The Kier molecular flexibility index (Phi) is 8.43. The van der Waals surface area contributed by atoms with E-state index in [4.69, 9.17) is 9.26 Å². The van der Waals surface area contributed by atoms with Gasteiger partial charge in [0.1, 0.15) is 11.9 Å². The molecule has 2 N–H and O–H groups in total. The molecular weight excluding hydrogens is 471 g/mol. The normalized spacial score (nSPS) is 15.9. The molecule has 2 aromatic rings. The van der Waals surface area contributed by atoms with Crippen LogP contribution in [0.4, 0.5) is 18.0 Å². The molecule has 1 aromatic carbocycles. The summed E-state index contributed by atoms with van der Waals surface area (Å²) in [4.78, 5) is 43.5. The van der Waals surface area contributed by atoms with E-state index >= 15 is 0 Å². The predicted molar refractivity (Wildman–Crippen MR) is 116 cm³/mol. The van der Waals surface area contributed by atoms with Gasteiger partial charge in [-0.05, 0) is 37.6 Å². The summed E-state index contributed by atoms with van der Waals surface area (Å²) in [5.74, 6) is -5.76. The molecule has 35 heavy (non-hydrogen) atoms. The molecule has 190 valence electrons. The van der Waals surface area contributed by atoms with Crippen molar-refractivity contribution in [2.75, 3.05) is 26.3 Å². The predicted octanol–water partition coefficient (Wildman–Crippen LogP) is 2.41. The molecular formula is C22H26F3N5O5. The third-order valence-corrected chi connectivity index (χ3v) is 5.25. The Bertz CT molecular complexity index is 1030. The van der Waals surface area contributed by atoms with Crippen LogP contribution in [-0.2, 0) is 9.53 Å². The fourth-order valence-electron chi connectivity index (χ4n) is 3.39. The molecule has 1 fully saturated rings. The van der Waals surface area contributed by atoms with Crippen LogP contribution in [0.5, 0.6) is 0 Å². The third-order valence-electron chi connectivity index (χ3n) is 5.25. The molecule has 1 aliphatic rings. The fourth-order valence-corrected chi connectivity index (χ4v) is 3.39. The molecule has 10 nitrogen and oxygen atoms in total. The van der Waals surface area contributed by atoms with Gasteiger partial charge in [0.15, 0.2) is 0 Å². The molecule has 0 spiro atoms. The lowest BCUT2D eigenvalue weighted by molar-refractivity contribution is -0.125. The monoisotopic (exact) mass is 497 g/mol. The maximum absolute atomic E-state index is 13.8. The van der Waals surface area contributed by atoms with Gasteiger partial charge in [-0.15, -0.1) is 0 Å². The second kappa shape index (κ2) is 11.3. The minimum absolute atomic E-state index is 0.0317. The standard InChI is InChI=1S/C22H26F3N5O5/c1-3-15(17(31)18-28-20(35-29-18)13-4-6-14(23)7-5-13)26-19(32)16(12-22(2,24)25)27-21(33)30-8-10-34-11-9-30/h4-7,15-16H,3,8-12H2,1-2H3,(H,26,32)(H,27,33)/t15?,16-/m0/s1. The van der Waals surface area contributed by atoms with Crippen LogP contribution in [0, 0.1) is 5.82 Å². The number of nitrogens with one attached hydrogen (secondary N) is 2. The number of alkyl halides is 2. The zero-order valence-corrected chi connectivity index (χ0v) is 19.2. The van der Waals surface area contributed by atoms with Crippen LogP contribution >= 0.6 is 0 Å². The molecule has 0 radical (unpaired) electrons. The van der Waals surface area contributed by atoms with Crippen molar-refractivity contribution in [2.24, 2.45) is 0 Å². The van der Waals surface area contributed by atoms with E-state index in [0.717, 1.165) is 0 Å². The van der Waals surface area contributed by atoms with E-state index in [9.17, 15) is 27.6 Å². The maximum Gasteiger partial charge on any atom is 0.318 e. The van der Waals surface area contributed by atoms with Gasteiger partial charge in [-0.25, -0.2) is 18.0 Å². The van der Waals surface area contributed by atoms with Crippen molar-refractivity contribution in [3.63, 3.8) is 0 Å². The van der Waals surface area contributed by atoms with Gasteiger partial charge in [0.2, 0.25) is 23.4 Å². The Labute approximate surface area is 199 Å². The number of hydrogen-bond donors (Lipinski definition) is 2. The van der Waals surface area contributed by atoms with Gasteiger partial charge in [0.25, 0.3) is 5.89 Å². The Morgan fingerprint density at radius 3 is 2.37 bits per heavy atom. The molecule has 1 saturated heterocycles. The largest absolute Gasteiger partial charge is 0.378 e. The molecule has 3 amide bonds. The number of rotatable bonds is 9. The van der Waals surface area contributed by atoms with Crippen LogP contribution in [0.2, 0.25) is 0 Å². The number of morpholine rings is 1. The highest BCUT2D eigenvalue weighted by Crippen LogP contribution is 2.20. The van der Waals surface area contributed by atoms with Gasteiger partial charge in [-0.3, -0.25) is 9.59 Å². The van der Waals surface area contributed by atoms with Crippen LogP contribution in [-0.4, -0.2) is 77.1 Å². The third kappa shape index (κ3) is 7.25. The summed E-state index contributed by atoms with van der Waals surface area (Å²) in [5, 5.41) is 8.35. The van der Waals surface area contributed by atoms with E-state index in [1.165, 1.54) is 29.2 Å². The summed E-state index contributed by atoms with van der Waals surface area (Å²) >= 11 is 0. The van der Waals surface area contributed by atoms with Crippen molar-refractivity contribution in [2.45, 2.75) is 44.7 Å². The van der Waals surface area contributed by atoms with Crippen molar-refractivity contribution < 1.29 is 36.8 Å². The zero-order valence-electron chi connectivity index (χ0n) is 19.2. The lowest BCUT2D eigenvalue weighted by Gasteiger charge is -2.30. The molecule has 2 atom stereocenters. The molecule has 2 heterocycles. The number of benzene rings is 1. The summed E-state index contributed by atoms with van der Waals surface area (Å²) in [5.41, 5.74) is 0.381. The molecule has 0 aliphatic carbocycles. The average Bonchev–Trinajstić information content (AvgIpc) is 3.32. The second-order valence-electron chi connectivity index (χ2n) is 8.14. The van der Waals surface area contributed by atoms with Gasteiger partial charge < -0.3 is 24.8 Å². The number of urea groups is 1. The molecule has 1 unspecified atom stereocenters. The van der Waals surface area contributed by atoms with Gasteiger partial charge in [0, 0.05) is 25.1 Å². The van der Waals surface area contributed by atoms with E-state index in [-0.39, 0.29) is 31.2 Å². The van der Waals surface area contributed by atoms with Crippen LogP contribution in [0.3, 0.4) is 0 Å². The number of ether oxygens (including phenoxy) is 1. The van der Waals surface area contributed by atoms with Crippen molar-refractivity contribution in [1.82, 2.24) is 25.7 Å². The Hall–Kier alpha value is -3.48. The average molecular weight is 497 g/mol. The minimum atomic E-state index is -3.26. The quantitative estimate of drug-likeness (QED) is 0.510. The zero-order chi connectivity index (χ0) is 25.6. The van der Waals surface area contributed by atoms with Crippen LogP contribution in [0.15, 0.2) is 28.8 Å². The van der Waals surface area contributed by atoms with Crippen molar-refractivity contribution in [1.29, 1.82) is 0 Å². The minimum Gasteiger partial charge on any atom is -0.378 e. The van der Waals surface area contributed by atoms with Gasteiger partial charge >= 0.3 is 6.03 Å². The first-order valence-electron chi connectivity index (χ1n) is 11.0. The van der Waals surface area contributed by atoms with Crippen LogP contribution in [0.1, 0.15) is 37.3 Å². The van der Waals surface area contributed by atoms with Gasteiger partial charge in [0.05, 0.1) is 19.3 Å². The van der Waals surface area contributed by atoms with Gasteiger partial charge in [-0.1, -0.05) is 12.1 Å². The molecule has 0 saturated carbocycles. The van der Waals surface area contributed by atoms with Crippen LogP contribution < -0.4 is 10.6 Å². The Morgan fingerprint density at radius 1 is 1.11 bits per heavy atom. The summed E-state index contributed by atoms with van der Waals surface area (Å²) in [6.07, 6.45) is -0.867. The Balaban J connectivity index is 1.70. The summed E-state index contributed by atoms with van der Waals surface area (Å²) in [6, 6.07) is 1.72. The summed E-state index contributed by atoms with van der Waals surface area (Å²) < 4.78 is 50.9.